The van der Waals surface area contributed by atoms with Crippen molar-refractivity contribution in [1.29, 1.82) is 0 Å². The van der Waals surface area contributed by atoms with E-state index in [1.165, 1.54) is 7.05 Å². The van der Waals surface area contributed by atoms with Crippen molar-refractivity contribution in [2.45, 2.75) is 23.6 Å². The van der Waals surface area contributed by atoms with Gasteiger partial charge >= 0.3 is 6.18 Å². The Kier molecular flexibility index (Phi) is 5.05. The molecule has 1 aromatic carbocycles. The molecule has 0 amide bonds. The van der Waals surface area contributed by atoms with E-state index in [1.807, 2.05) is 22.9 Å². The maximum atomic E-state index is 12.8. The topological polar surface area (TPSA) is 48.5 Å². The normalized spacial score (nSPS) is 11.9. The minimum atomic E-state index is -4.52. The number of imidazole rings is 1. The third kappa shape index (κ3) is 4.16. The number of aromatic nitrogens is 5. The van der Waals surface area contributed by atoms with Crippen LogP contribution in [0.15, 0.2) is 41.8 Å². The molecule has 0 N–H and O–H groups in total. The summed E-state index contributed by atoms with van der Waals surface area (Å²) in [5, 5.41) is 7.67. The third-order valence-electron chi connectivity index (χ3n) is 3.49. The standard InChI is InChI=1S/C15H13ClF3N5S/c1-23-13(15(17,18)19)21-22-14(23)25-9-12-20-6-7-24(12)8-10-2-4-11(16)5-3-10/h2-7H,8-9H2,1H3. The Morgan fingerprint density at radius 3 is 2.52 bits per heavy atom. The minimum Gasteiger partial charge on any atom is -0.330 e. The van der Waals surface area contributed by atoms with Gasteiger partial charge in [-0.1, -0.05) is 35.5 Å². The molecule has 0 aliphatic heterocycles. The monoisotopic (exact) mass is 387 g/mol. The Balaban J connectivity index is 1.70. The van der Waals surface area contributed by atoms with Gasteiger partial charge in [0.15, 0.2) is 5.16 Å². The molecule has 3 aromatic rings. The molecule has 2 aromatic heterocycles. The molecule has 0 spiro atoms. The second kappa shape index (κ2) is 7.09. The fraction of sp³-hybridized carbons (Fsp3) is 0.267. The zero-order valence-corrected chi connectivity index (χ0v) is 14.6. The van der Waals surface area contributed by atoms with Gasteiger partial charge in [-0.3, -0.25) is 0 Å². The molecule has 0 saturated carbocycles. The summed E-state index contributed by atoms with van der Waals surface area (Å²) >= 11 is 7.03. The number of thioether (sulfide) groups is 1. The summed E-state index contributed by atoms with van der Waals surface area (Å²) in [6.45, 7) is 0.597. The number of hydrogen-bond donors (Lipinski definition) is 0. The predicted octanol–water partition coefficient (Wildman–Crippen LogP) is 4.02. The lowest BCUT2D eigenvalue weighted by Gasteiger charge is -2.09. The van der Waals surface area contributed by atoms with Gasteiger partial charge in [0.1, 0.15) is 5.82 Å². The Morgan fingerprint density at radius 2 is 1.88 bits per heavy atom. The molecule has 0 radical (unpaired) electrons. The Morgan fingerprint density at radius 1 is 1.16 bits per heavy atom. The lowest BCUT2D eigenvalue weighted by Crippen LogP contribution is -2.13. The highest BCUT2D eigenvalue weighted by Gasteiger charge is 2.37. The molecule has 132 valence electrons. The number of rotatable bonds is 5. The van der Waals surface area contributed by atoms with Gasteiger partial charge in [-0.25, -0.2) is 4.98 Å². The predicted molar refractivity (Wildman–Crippen MR) is 88.3 cm³/mol. The molecule has 0 fully saturated rings. The van der Waals surface area contributed by atoms with Crippen molar-refractivity contribution >= 4 is 23.4 Å². The van der Waals surface area contributed by atoms with E-state index in [0.29, 0.717) is 17.3 Å². The van der Waals surface area contributed by atoms with E-state index in [2.05, 4.69) is 15.2 Å². The summed E-state index contributed by atoms with van der Waals surface area (Å²) in [6.07, 6.45) is -1.04. The summed E-state index contributed by atoms with van der Waals surface area (Å²) in [4.78, 5) is 4.27. The summed E-state index contributed by atoms with van der Waals surface area (Å²) in [7, 11) is 1.30. The first kappa shape index (κ1) is 17.8. The molecule has 0 aliphatic carbocycles. The highest BCUT2D eigenvalue weighted by Crippen LogP contribution is 2.30. The van der Waals surface area contributed by atoms with Crippen LogP contribution in [-0.4, -0.2) is 24.3 Å². The molecule has 0 saturated heterocycles. The molecule has 3 rings (SSSR count). The van der Waals surface area contributed by atoms with Crippen LogP contribution in [0.25, 0.3) is 0 Å². The molecule has 25 heavy (non-hydrogen) atoms. The quantitative estimate of drug-likeness (QED) is 0.620. The van der Waals surface area contributed by atoms with Crippen LogP contribution in [0.3, 0.4) is 0 Å². The number of benzene rings is 1. The Bertz CT molecular complexity index is 857. The first-order valence-electron chi connectivity index (χ1n) is 7.18. The van der Waals surface area contributed by atoms with Crippen molar-refractivity contribution in [2.24, 2.45) is 7.05 Å². The van der Waals surface area contributed by atoms with E-state index >= 15 is 0 Å². The molecular weight excluding hydrogens is 375 g/mol. The zero-order chi connectivity index (χ0) is 18.0. The highest BCUT2D eigenvalue weighted by atomic mass is 35.5. The van der Waals surface area contributed by atoms with Gasteiger partial charge in [0.2, 0.25) is 5.82 Å². The lowest BCUT2D eigenvalue weighted by molar-refractivity contribution is -0.147. The smallest absolute Gasteiger partial charge is 0.330 e. The lowest BCUT2D eigenvalue weighted by atomic mass is 10.2. The van der Waals surface area contributed by atoms with Gasteiger partial charge in [0, 0.05) is 31.0 Å². The van der Waals surface area contributed by atoms with Gasteiger partial charge in [0.05, 0.1) is 5.75 Å². The highest BCUT2D eigenvalue weighted by molar-refractivity contribution is 7.98. The van der Waals surface area contributed by atoms with E-state index in [0.717, 1.165) is 27.7 Å². The molecular formula is C15H13ClF3N5S. The van der Waals surface area contributed by atoms with Gasteiger partial charge < -0.3 is 9.13 Å². The van der Waals surface area contributed by atoms with Crippen molar-refractivity contribution < 1.29 is 13.2 Å². The summed E-state index contributed by atoms with van der Waals surface area (Å²) < 4.78 is 41.1. The van der Waals surface area contributed by atoms with Gasteiger partial charge in [0.25, 0.3) is 0 Å². The zero-order valence-electron chi connectivity index (χ0n) is 13.0. The van der Waals surface area contributed by atoms with Crippen LogP contribution in [-0.2, 0) is 25.5 Å². The minimum absolute atomic E-state index is 0.188. The largest absolute Gasteiger partial charge is 0.451 e. The number of halogens is 4. The van der Waals surface area contributed by atoms with E-state index in [1.54, 1.807) is 18.3 Å². The average molecular weight is 388 g/mol. The van der Waals surface area contributed by atoms with Gasteiger partial charge in [-0.2, -0.15) is 13.2 Å². The van der Waals surface area contributed by atoms with Gasteiger partial charge in [-0.15, -0.1) is 10.2 Å². The second-order valence-electron chi connectivity index (χ2n) is 5.25. The van der Waals surface area contributed by atoms with Crippen LogP contribution in [0.1, 0.15) is 17.2 Å². The third-order valence-corrected chi connectivity index (χ3v) is 4.75. The van der Waals surface area contributed by atoms with Crippen LogP contribution >= 0.6 is 23.4 Å². The Hall–Kier alpha value is -2.00. The average Bonchev–Trinajstić information content (AvgIpc) is 3.13. The summed E-state index contributed by atoms with van der Waals surface area (Å²) in [5.74, 6) is 0.0979. The number of hydrogen-bond acceptors (Lipinski definition) is 4. The van der Waals surface area contributed by atoms with Crippen LogP contribution in [0, 0.1) is 0 Å². The molecule has 5 nitrogen and oxygen atoms in total. The molecule has 0 atom stereocenters. The fourth-order valence-corrected chi connectivity index (χ4v) is 3.23. The fourth-order valence-electron chi connectivity index (χ4n) is 2.23. The first-order valence-corrected chi connectivity index (χ1v) is 8.55. The van der Waals surface area contributed by atoms with Crippen molar-refractivity contribution in [1.82, 2.24) is 24.3 Å². The van der Waals surface area contributed by atoms with Crippen LogP contribution in [0.4, 0.5) is 13.2 Å². The van der Waals surface area contributed by atoms with Crippen LogP contribution < -0.4 is 0 Å². The van der Waals surface area contributed by atoms with E-state index in [9.17, 15) is 13.2 Å². The number of alkyl halides is 3. The summed E-state index contributed by atoms with van der Waals surface area (Å²) in [6, 6.07) is 7.44. The van der Waals surface area contributed by atoms with Crippen molar-refractivity contribution in [3.8, 4) is 0 Å². The molecule has 0 bridgehead atoms. The Labute approximate surface area is 150 Å². The van der Waals surface area contributed by atoms with E-state index < -0.39 is 12.0 Å². The van der Waals surface area contributed by atoms with Crippen LogP contribution in [0.5, 0.6) is 0 Å². The molecule has 0 unspecified atom stereocenters. The second-order valence-corrected chi connectivity index (χ2v) is 6.63. The maximum absolute atomic E-state index is 12.8. The van der Waals surface area contributed by atoms with Crippen molar-refractivity contribution in [3.05, 3.63) is 58.9 Å². The summed E-state index contributed by atoms with van der Waals surface area (Å²) in [5.41, 5.74) is 1.05. The van der Waals surface area contributed by atoms with Crippen molar-refractivity contribution in [2.75, 3.05) is 0 Å². The molecule has 2 heterocycles. The van der Waals surface area contributed by atoms with E-state index in [4.69, 9.17) is 11.6 Å². The van der Waals surface area contributed by atoms with Gasteiger partial charge in [-0.05, 0) is 17.7 Å². The number of nitrogens with zero attached hydrogens (tertiary/aromatic N) is 5. The first-order chi connectivity index (χ1) is 11.8. The van der Waals surface area contributed by atoms with Crippen molar-refractivity contribution in [3.63, 3.8) is 0 Å². The molecule has 10 heteroatoms. The SMILES string of the molecule is Cn1c(SCc2nccn2Cc2ccc(Cl)cc2)nnc1C(F)(F)F. The maximum Gasteiger partial charge on any atom is 0.451 e. The molecule has 0 aliphatic rings. The van der Waals surface area contributed by atoms with E-state index in [-0.39, 0.29) is 5.16 Å². The van der Waals surface area contributed by atoms with Crippen LogP contribution in [0.2, 0.25) is 5.02 Å².